The van der Waals surface area contributed by atoms with Crippen molar-refractivity contribution >= 4 is 22.4 Å². The molecule has 0 saturated heterocycles. The first-order chi connectivity index (χ1) is 14.5. The van der Waals surface area contributed by atoms with E-state index in [9.17, 15) is 9.59 Å². The van der Waals surface area contributed by atoms with Crippen molar-refractivity contribution in [3.05, 3.63) is 70.1 Å². The van der Waals surface area contributed by atoms with Gasteiger partial charge in [-0.15, -0.1) is 0 Å². The third-order valence-corrected chi connectivity index (χ3v) is 4.80. The zero-order valence-electron chi connectivity index (χ0n) is 17.5. The molecule has 1 amide bonds. The summed E-state index contributed by atoms with van der Waals surface area (Å²) in [6.07, 6.45) is 2.25. The van der Waals surface area contributed by atoms with Crippen molar-refractivity contribution in [2.75, 3.05) is 7.11 Å². The summed E-state index contributed by atoms with van der Waals surface area (Å²) >= 11 is 0. The number of fused-ring (bicyclic) bond motifs is 1. The largest absolute Gasteiger partial charge is 0.497 e. The SMILES string of the molecule is CCCn1nc(C(=O)N/N=C(/C)CCc2ccc(OC)cc2)c2ccccc2c1=O. The average molecular weight is 406 g/mol. The number of carbonyl (C=O) groups is 1. The van der Waals surface area contributed by atoms with Crippen molar-refractivity contribution in [2.24, 2.45) is 5.10 Å². The van der Waals surface area contributed by atoms with Crippen molar-refractivity contribution in [1.29, 1.82) is 0 Å². The molecule has 0 saturated carbocycles. The van der Waals surface area contributed by atoms with Gasteiger partial charge in [0.1, 0.15) is 5.75 Å². The topological polar surface area (TPSA) is 85.6 Å². The summed E-state index contributed by atoms with van der Waals surface area (Å²) in [5.74, 6) is 0.389. The highest BCUT2D eigenvalue weighted by Gasteiger charge is 2.16. The maximum atomic E-state index is 12.8. The number of rotatable bonds is 8. The highest BCUT2D eigenvalue weighted by Crippen LogP contribution is 2.14. The molecule has 0 radical (unpaired) electrons. The maximum absolute atomic E-state index is 12.8. The maximum Gasteiger partial charge on any atom is 0.292 e. The number of carbonyl (C=O) groups excluding carboxylic acids is 1. The first-order valence-electron chi connectivity index (χ1n) is 9.99. The summed E-state index contributed by atoms with van der Waals surface area (Å²) in [4.78, 5) is 25.3. The van der Waals surface area contributed by atoms with E-state index in [1.807, 2.05) is 38.1 Å². The van der Waals surface area contributed by atoms with Gasteiger partial charge in [0.15, 0.2) is 5.69 Å². The molecule has 1 aromatic heterocycles. The number of ether oxygens (including phenoxy) is 1. The smallest absolute Gasteiger partial charge is 0.292 e. The van der Waals surface area contributed by atoms with E-state index in [1.54, 1.807) is 31.4 Å². The Morgan fingerprint density at radius 3 is 2.50 bits per heavy atom. The van der Waals surface area contributed by atoms with Crippen LogP contribution in [0.4, 0.5) is 0 Å². The van der Waals surface area contributed by atoms with E-state index < -0.39 is 5.91 Å². The number of nitrogens with zero attached hydrogens (tertiary/aromatic N) is 3. The molecule has 0 aliphatic carbocycles. The molecule has 2 aromatic carbocycles. The first-order valence-corrected chi connectivity index (χ1v) is 9.99. The van der Waals surface area contributed by atoms with Crippen molar-refractivity contribution < 1.29 is 9.53 Å². The second-order valence-electron chi connectivity index (χ2n) is 7.06. The molecule has 0 spiro atoms. The number of hydrogen-bond acceptors (Lipinski definition) is 5. The first kappa shape index (κ1) is 21.2. The second kappa shape index (κ2) is 9.82. The van der Waals surface area contributed by atoms with Gasteiger partial charge in [0, 0.05) is 17.6 Å². The van der Waals surface area contributed by atoms with Crippen LogP contribution in [0.2, 0.25) is 0 Å². The van der Waals surface area contributed by atoms with Gasteiger partial charge in [-0.2, -0.15) is 10.2 Å². The monoisotopic (exact) mass is 406 g/mol. The van der Waals surface area contributed by atoms with E-state index in [-0.39, 0.29) is 11.3 Å². The molecular formula is C23H26N4O3. The lowest BCUT2D eigenvalue weighted by Crippen LogP contribution is -2.29. The summed E-state index contributed by atoms with van der Waals surface area (Å²) in [7, 11) is 1.64. The predicted molar refractivity (Wildman–Crippen MR) is 118 cm³/mol. The van der Waals surface area contributed by atoms with Crippen LogP contribution in [0.5, 0.6) is 5.75 Å². The molecule has 7 nitrogen and oxygen atoms in total. The van der Waals surface area contributed by atoms with E-state index in [4.69, 9.17) is 4.74 Å². The molecule has 3 aromatic rings. The minimum absolute atomic E-state index is 0.192. The van der Waals surface area contributed by atoms with Crippen molar-refractivity contribution in [2.45, 2.75) is 39.7 Å². The van der Waals surface area contributed by atoms with Crippen molar-refractivity contribution in [1.82, 2.24) is 15.2 Å². The van der Waals surface area contributed by atoms with Gasteiger partial charge >= 0.3 is 0 Å². The van der Waals surface area contributed by atoms with E-state index in [1.165, 1.54) is 4.68 Å². The number of aromatic nitrogens is 2. The Balaban J connectivity index is 1.74. The molecule has 1 heterocycles. The Labute approximate surface area is 175 Å². The molecule has 0 unspecified atom stereocenters. The Hall–Kier alpha value is -3.48. The average Bonchev–Trinajstić information content (AvgIpc) is 2.78. The highest BCUT2D eigenvalue weighted by molar-refractivity contribution is 6.05. The van der Waals surface area contributed by atoms with Crippen LogP contribution in [-0.4, -0.2) is 28.5 Å². The minimum atomic E-state index is -0.431. The number of amides is 1. The van der Waals surface area contributed by atoms with Gasteiger partial charge in [-0.05, 0) is 49.9 Å². The molecule has 1 N–H and O–H groups in total. The van der Waals surface area contributed by atoms with Gasteiger partial charge in [-0.3, -0.25) is 9.59 Å². The van der Waals surface area contributed by atoms with E-state index in [2.05, 4.69) is 15.6 Å². The van der Waals surface area contributed by atoms with E-state index in [0.29, 0.717) is 23.7 Å². The Kier molecular flexibility index (Phi) is 6.95. The molecule has 0 aliphatic rings. The number of methoxy groups -OCH3 is 1. The van der Waals surface area contributed by atoms with Gasteiger partial charge in [0.25, 0.3) is 11.5 Å². The molecule has 156 valence electrons. The number of nitrogens with one attached hydrogen (secondary N) is 1. The van der Waals surface area contributed by atoms with Crippen LogP contribution in [0.25, 0.3) is 10.8 Å². The molecule has 30 heavy (non-hydrogen) atoms. The number of hydrazone groups is 1. The van der Waals surface area contributed by atoms with Crippen molar-refractivity contribution in [3.8, 4) is 5.75 Å². The van der Waals surface area contributed by atoms with Crippen LogP contribution in [0.1, 0.15) is 42.7 Å². The van der Waals surface area contributed by atoms with Crippen LogP contribution in [0.3, 0.4) is 0 Å². The van der Waals surface area contributed by atoms with Gasteiger partial charge < -0.3 is 4.74 Å². The lowest BCUT2D eigenvalue weighted by Gasteiger charge is -2.09. The lowest BCUT2D eigenvalue weighted by molar-refractivity contribution is 0.0949. The fraction of sp³-hybridized carbons (Fsp3) is 0.304. The van der Waals surface area contributed by atoms with Crippen molar-refractivity contribution in [3.63, 3.8) is 0 Å². The number of benzene rings is 2. The van der Waals surface area contributed by atoms with E-state index in [0.717, 1.165) is 29.9 Å². The third kappa shape index (κ3) is 4.92. The molecule has 7 heteroatoms. The summed E-state index contributed by atoms with van der Waals surface area (Å²) in [5, 5.41) is 9.51. The zero-order chi connectivity index (χ0) is 21.5. The van der Waals surface area contributed by atoms with Crippen LogP contribution < -0.4 is 15.7 Å². The molecule has 0 bridgehead atoms. The van der Waals surface area contributed by atoms with Crippen LogP contribution in [0.15, 0.2) is 58.4 Å². The fourth-order valence-corrected chi connectivity index (χ4v) is 3.14. The molecule has 0 fully saturated rings. The van der Waals surface area contributed by atoms with Crippen LogP contribution >= 0.6 is 0 Å². The van der Waals surface area contributed by atoms with Crippen LogP contribution in [-0.2, 0) is 13.0 Å². The van der Waals surface area contributed by atoms with E-state index >= 15 is 0 Å². The Morgan fingerprint density at radius 1 is 1.13 bits per heavy atom. The lowest BCUT2D eigenvalue weighted by atomic mass is 10.1. The quantitative estimate of drug-likeness (QED) is 0.458. The minimum Gasteiger partial charge on any atom is -0.497 e. The Morgan fingerprint density at radius 2 is 1.83 bits per heavy atom. The standard InChI is InChI=1S/C23H26N4O3/c1-4-15-27-23(29)20-8-6-5-7-19(20)21(26-27)22(28)25-24-16(2)9-10-17-11-13-18(30-3)14-12-17/h5-8,11-14H,4,9-10,15H2,1-3H3,(H,25,28)/b24-16-. The van der Waals surface area contributed by atoms with Gasteiger partial charge in [-0.25, -0.2) is 10.1 Å². The number of hydrogen-bond donors (Lipinski definition) is 1. The van der Waals surface area contributed by atoms with Crippen LogP contribution in [0, 0.1) is 0 Å². The van der Waals surface area contributed by atoms with Gasteiger partial charge in [-0.1, -0.05) is 37.3 Å². The predicted octanol–water partition coefficient (Wildman–Crippen LogP) is 3.55. The summed E-state index contributed by atoms with van der Waals surface area (Å²) < 4.78 is 6.51. The van der Waals surface area contributed by atoms with Gasteiger partial charge in [0.2, 0.25) is 0 Å². The summed E-state index contributed by atoms with van der Waals surface area (Å²) in [6, 6.07) is 14.9. The fourth-order valence-electron chi connectivity index (χ4n) is 3.14. The third-order valence-electron chi connectivity index (χ3n) is 4.80. The summed E-state index contributed by atoms with van der Waals surface area (Å²) in [5.41, 5.74) is 4.55. The Bertz CT molecular complexity index is 1120. The second-order valence-corrected chi connectivity index (χ2v) is 7.06. The summed E-state index contributed by atoms with van der Waals surface area (Å²) in [6.45, 7) is 4.28. The number of aryl methyl sites for hydroxylation is 2. The molecule has 0 atom stereocenters. The molecular weight excluding hydrogens is 380 g/mol. The molecule has 0 aliphatic heterocycles. The highest BCUT2D eigenvalue weighted by atomic mass is 16.5. The van der Waals surface area contributed by atoms with Gasteiger partial charge in [0.05, 0.1) is 12.5 Å². The molecule has 3 rings (SSSR count). The zero-order valence-corrected chi connectivity index (χ0v) is 17.5. The normalized spacial score (nSPS) is 11.5.